The number of aromatic nitrogens is 1. The minimum absolute atomic E-state index is 0.0790. The molecule has 1 aliphatic rings. The Bertz CT molecular complexity index is 988. The van der Waals surface area contributed by atoms with Crippen LogP contribution in [0.25, 0.3) is 10.2 Å². The second-order valence-electron chi connectivity index (χ2n) is 7.25. The average molecular weight is 443 g/mol. The molecular weight excluding hydrogens is 416 g/mol. The van der Waals surface area contributed by atoms with Crippen molar-refractivity contribution in [1.29, 1.82) is 0 Å². The van der Waals surface area contributed by atoms with Crippen LogP contribution >= 0.6 is 23.1 Å². The molecule has 1 aliphatic heterocycles. The smallest absolute Gasteiger partial charge is 0.223 e. The lowest BCUT2D eigenvalue weighted by molar-refractivity contribution is -0.132. The van der Waals surface area contributed by atoms with E-state index in [1.807, 2.05) is 41.3 Å². The maximum Gasteiger partial charge on any atom is 0.223 e. The predicted octanol–water partition coefficient (Wildman–Crippen LogP) is 5.55. The standard InChI is InChI=1S/C23H26N2O3S2/c1-27-16-11-12-17(20(15-16)28-2)19-8-5-13-25(19)22(26)10-6-14-29-23-24-18-7-3-4-9-21(18)30-23/h3-4,7,9,11-12,15,19H,5-6,8,10,13-14H2,1-2H3/t19-/m0/s1. The van der Waals surface area contributed by atoms with Crippen LogP contribution in [-0.4, -0.2) is 42.3 Å². The Hall–Kier alpha value is -2.25. The Morgan fingerprint density at radius 3 is 2.90 bits per heavy atom. The fraction of sp³-hybridized carbons (Fsp3) is 0.391. The summed E-state index contributed by atoms with van der Waals surface area (Å²) >= 11 is 3.46. The number of thioether (sulfide) groups is 1. The number of thiazole rings is 1. The van der Waals surface area contributed by atoms with Crippen LogP contribution in [-0.2, 0) is 4.79 Å². The van der Waals surface area contributed by atoms with Gasteiger partial charge in [0.25, 0.3) is 0 Å². The molecule has 2 aromatic carbocycles. The minimum atomic E-state index is 0.0790. The first-order valence-electron chi connectivity index (χ1n) is 10.2. The molecule has 30 heavy (non-hydrogen) atoms. The molecule has 7 heteroatoms. The van der Waals surface area contributed by atoms with Gasteiger partial charge in [-0.25, -0.2) is 4.98 Å². The van der Waals surface area contributed by atoms with Crippen molar-refractivity contribution in [3.63, 3.8) is 0 Å². The van der Waals surface area contributed by atoms with E-state index in [0.717, 1.165) is 58.5 Å². The summed E-state index contributed by atoms with van der Waals surface area (Å²) in [4.78, 5) is 19.6. The fourth-order valence-corrected chi connectivity index (χ4v) is 6.00. The van der Waals surface area contributed by atoms with Gasteiger partial charge in [0.05, 0.1) is 30.5 Å². The number of nitrogens with zero attached hydrogens (tertiary/aromatic N) is 2. The summed E-state index contributed by atoms with van der Waals surface area (Å²) in [6.07, 6.45) is 3.40. The van der Waals surface area contributed by atoms with E-state index in [4.69, 9.17) is 9.47 Å². The van der Waals surface area contributed by atoms with Crippen LogP contribution in [0.5, 0.6) is 11.5 Å². The van der Waals surface area contributed by atoms with E-state index in [2.05, 4.69) is 11.1 Å². The maximum atomic E-state index is 12.9. The number of fused-ring (bicyclic) bond motifs is 1. The second kappa shape index (κ2) is 9.71. The van der Waals surface area contributed by atoms with Crippen LogP contribution in [0.3, 0.4) is 0 Å². The van der Waals surface area contributed by atoms with Crippen LogP contribution in [0.4, 0.5) is 0 Å². The number of hydrogen-bond donors (Lipinski definition) is 0. The molecule has 1 fully saturated rings. The Balaban J connectivity index is 1.33. The summed E-state index contributed by atoms with van der Waals surface area (Å²) in [7, 11) is 3.31. The summed E-state index contributed by atoms with van der Waals surface area (Å²) in [5.41, 5.74) is 2.11. The SMILES string of the molecule is COc1ccc([C@@H]2CCCN2C(=O)CCCSc2nc3ccccc3s2)c(OC)c1. The van der Waals surface area contributed by atoms with Crippen LogP contribution in [0.2, 0.25) is 0 Å². The molecule has 2 heterocycles. The minimum Gasteiger partial charge on any atom is -0.497 e. The first kappa shape index (κ1) is 21.0. The van der Waals surface area contributed by atoms with E-state index in [0.29, 0.717) is 6.42 Å². The van der Waals surface area contributed by atoms with Gasteiger partial charge in [-0.15, -0.1) is 11.3 Å². The van der Waals surface area contributed by atoms with E-state index in [9.17, 15) is 4.79 Å². The number of para-hydroxylation sites is 1. The van der Waals surface area contributed by atoms with Crippen molar-refractivity contribution in [3.8, 4) is 11.5 Å². The third-order valence-corrected chi connectivity index (χ3v) is 7.67. The summed E-state index contributed by atoms with van der Waals surface area (Å²) in [6, 6.07) is 14.1. The quantitative estimate of drug-likeness (QED) is 0.338. The third-order valence-electron chi connectivity index (χ3n) is 5.41. The fourth-order valence-electron chi connectivity index (χ4n) is 3.92. The lowest BCUT2D eigenvalue weighted by atomic mass is 10.0. The van der Waals surface area contributed by atoms with Gasteiger partial charge in [0.15, 0.2) is 4.34 Å². The van der Waals surface area contributed by atoms with Crippen molar-refractivity contribution in [2.24, 2.45) is 0 Å². The number of hydrogen-bond acceptors (Lipinski definition) is 6. The molecule has 0 unspecified atom stereocenters. The van der Waals surface area contributed by atoms with Crippen LogP contribution in [0.1, 0.15) is 37.3 Å². The van der Waals surface area contributed by atoms with Gasteiger partial charge in [0, 0.05) is 30.3 Å². The molecule has 0 saturated carbocycles. The molecule has 5 nitrogen and oxygen atoms in total. The molecule has 158 valence electrons. The molecule has 0 aliphatic carbocycles. The van der Waals surface area contributed by atoms with Crippen molar-refractivity contribution in [2.45, 2.75) is 36.1 Å². The Labute approximate surface area is 185 Å². The number of rotatable bonds is 8. The van der Waals surface area contributed by atoms with E-state index in [1.54, 1.807) is 37.3 Å². The molecule has 1 atom stereocenters. The van der Waals surface area contributed by atoms with Gasteiger partial charge in [0.2, 0.25) is 5.91 Å². The molecule has 4 rings (SSSR count). The number of ether oxygens (including phenoxy) is 2. The summed E-state index contributed by atoms with van der Waals surface area (Å²) in [6.45, 7) is 0.809. The lowest BCUT2D eigenvalue weighted by Crippen LogP contribution is -2.30. The van der Waals surface area contributed by atoms with Crippen molar-refractivity contribution in [2.75, 3.05) is 26.5 Å². The highest BCUT2D eigenvalue weighted by Gasteiger charge is 2.31. The maximum absolute atomic E-state index is 12.9. The van der Waals surface area contributed by atoms with E-state index in [-0.39, 0.29) is 11.9 Å². The first-order valence-corrected chi connectivity index (χ1v) is 12.0. The van der Waals surface area contributed by atoms with Crippen molar-refractivity contribution in [3.05, 3.63) is 48.0 Å². The van der Waals surface area contributed by atoms with Gasteiger partial charge in [0.1, 0.15) is 11.5 Å². The molecule has 3 aromatic rings. The van der Waals surface area contributed by atoms with Crippen LogP contribution < -0.4 is 9.47 Å². The van der Waals surface area contributed by atoms with E-state index < -0.39 is 0 Å². The monoisotopic (exact) mass is 442 g/mol. The summed E-state index contributed by atoms with van der Waals surface area (Å²) in [5, 5.41) is 0. The van der Waals surface area contributed by atoms with Gasteiger partial charge in [-0.1, -0.05) is 23.9 Å². The summed E-state index contributed by atoms with van der Waals surface area (Å²) < 4.78 is 13.2. The van der Waals surface area contributed by atoms with Crippen LogP contribution in [0.15, 0.2) is 46.8 Å². The van der Waals surface area contributed by atoms with Crippen molar-refractivity contribution in [1.82, 2.24) is 9.88 Å². The van der Waals surface area contributed by atoms with E-state index in [1.165, 1.54) is 4.70 Å². The molecule has 0 N–H and O–H groups in total. The van der Waals surface area contributed by atoms with E-state index >= 15 is 0 Å². The van der Waals surface area contributed by atoms with Crippen molar-refractivity contribution >= 4 is 39.2 Å². The normalized spacial score (nSPS) is 16.2. The Morgan fingerprint density at radius 1 is 1.23 bits per heavy atom. The highest BCUT2D eigenvalue weighted by Crippen LogP contribution is 2.39. The largest absolute Gasteiger partial charge is 0.497 e. The molecule has 1 saturated heterocycles. The summed E-state index contributed by atoms with van der Waals surface area (Å²) in [5.74, 6) is 2.67. The van der Waals surface area contributed by atoms with Gasteiger partial charge in [-0.05, 0) is 43.5 Å². The predicted molar refractivity (Wildman–Crippen MR) is 123 cm³/mol. The molecule has 0 spiro atoms. The number of carbonyl (C=O) groups is 1. The third kappa shape index (κ3) is 4.57. The van der Waals surface area contributed by atoms with Crippen molar-refractivity contribution < 1.29 is 14.3 Å². The Kier molecular flexibility index (Phi) is 6.79. The molecule has 1 amide bonds. The number of methoxy groups -OCH3 is 2. The number of carbonyl (C=O) groups excluding carboxylic acids is 1. The Morgan fingerprint density at radius 2 is 2.10 bits per heavy atom. The van der Waals surface area contributed by atoms with Gasteiger partial charge in [-0.3, -0.25) is 4.79 Å². The van der Waals surface area contributed by atoms with Gasteiger partial charge < -0.3 is 14.4 Å². The highest BCUT2D eigenvalue weighted by atomic mass is 32.2. The average Bonchev–Trinajstić information content (AvgIpc) is 3.42. The first-order chi connectivity index (χ1) is 14.7. The van der Waals surface area contributed by atoms with Gasteiger partial charge in [-0.2, -0.15) is 0 Å². The molecule has 0 radical (unpaired) electrons. The number of likely N-dealkylation sites (tertiary alicyclic amines) is 1. The zero-order chi connectivity index (χ0) is 20.9. The number of benzene rings is 2. The molecule has 0 bridgehead atoms. The zero-order valence-electron chi connectivity index (χ0n) is 17.3. The lowest BCUT2D eigenvalue weighted by Gasteiger charge is -2.26. The van der Waals surface area contributed by atoms with Crippen LogP contribution in [0, 0.1) is 0 Å². The number of amides is 1. The molecule has 1 aromatic heterocycles. The second-order valence-corrected chi connectivity index (χ2v) is 9.63. The molecular formula is C23H26N2O3S2. The topological polar surface area (TPSA) is 51.7 Å². The highest BCUT2D eigenvalue weighted by molar-refractivity contribution is 8.01. The van der Waals surface area contributed by atoms with Gasteiger partial charge >= 0.3 is 0 Å². The zero-order valence-corrected chi connectivity index (χ0v) is 18.9.